The topological polar surface area (TPSA) is 48.9 Å². The summed E-state index contributed by atoms with van der Waals surface area (Å²) < 4.78 is 5.64. The van der Waals surface area contributed by atoms with Crippen LogP contribution in [0.2, 0.25) is 0 Å². The van der Waals surface area contributed by atoms with Gasteiger partial charge in [-0.2, -0.15) is 0 Å². The summed E-state index contributed by atoms with van der Waals surface area (Å²) >= 11 is 0. The highest BCUT2D eigenvalue weighted by molar-refractivity contribution is 5.79. The van der Waals surface area contributed by atoms with Crippen molar-refractivity contribution in [2.45, 2.75) is 38.5 Å². The predicted molar refractivity (Wildman–Crippen MR) is 92.4 cm³/mol. The van der Waals surface area contributed by atoms with Gasteiger partial charge in [0.15, 0.2) is 5.96 Å². The third-order valence-corrected chi connectivity index (χ3v) is 4.72. The molecule has 1 saturated carbocycles. The average molecular weight is 310 g/mol. The highest BCUT2D eigenvalue weighted by Gasteiger charge is 2.20. The van der Waals surface area contributed by atoms with Gasteiger partial charge in [0.05, 0.1) is 0 Å². The number of nitrogens with zero attached hydrogens (tertiary/aromatic N) is 2. The molecule has 5 heteroatoms. The fraction of sp³-hybridized carbons (Fsp3) is 0.941. The molecular weight excluding hydrogens is 276 g/mol. The van der Waals surface area contributed by atoms with Crippen LogP contribution in [0.3, 0.4) is 0 Å². The minimum absolute atomic E-state index is 0.857. The molecule has 0 aromatic carbocycles. The Morgan fingerprint density at radius 2 is 1.82 bits per heavy atom. The molecule has 0 unspecified atom stereocenters. The summed E-state index contributed by atoms with van der Waals surface area (Å²) in [4.78, 5) is 6.71. The third-order valence-electron chi connectivity index (χ3n) is 4.72. The Kier molecular flexibility index (Phi) is 8.02. The summed E-state index contributed by atoms with van der Waals surface area (Å²) in [5, 5.41) is 6.80. The molecule has 1 aliphatic heterocycles. The molecular formula is C17H34N4O. The Morgan fingerprint density at radius 1 is 1.09 bits per heavy atom. The summed E-state index contributed by atoms with van der Waals surface area (Å²) in [6.07, 6.45) is 7.70. The number of likely N-dealkylation sites (tertiary alicyclic amines) is 1. The minimum atomic E-state index is 0.857. The van der Waals surface area contributed by atoms with Crippen molar-refractivity contribution in [2.75, 3.05) is 53.5 Å². The van der Waals surface area contributed by atoms with Crippen molar-refractivity contribution in [3.8, 4) is 0 Å². The maximum absolute atomic E-state index is 5.64. The molecule has 22 heavy (non-hydrogen) atoms. The van der Waals surface area contributed by atoms with E-state index in [0.29, 0.717) is 0 Å². The number of aliphatic imine (C=N–C) groups is 1. The Morgan fingerprint density at radius 3 is 2.50 bits per heavy atom. The van der Waals surface area contributed by atoms with Gasteiger partial charge in [-0.25, -0.2) is 0 Å². The highest BCUT2D eigenvalue weighted by atomic mass is 16.5. The fourth-order valence-corrected chi connectivity index (χ4v) is 2.88. The largest absolute Gasteiger partial charge is 0.381 e. The molecule has 0 radical (unpaired) electrons. The summed E-state index contributed by atoms with van der Waals surface area (Å²) in [5.74, 6) is 2.66. The van der Waals surface area contributed by atoms with Gasteiger partial charge in [0, 0.05) is 33.4 Å². The molecule has 128 valence electrons. The van der Waals surface area contributed by atoms with Gasteiger partial charge in [-0.05, 0) is 70.5 Å². The van der Waals surface area contributed by atoms with E-state index >= 15 is 0 Å². The van der Waals surface area contributed by atoms with Crippen molar-refractivity contribution in [2.24, 2.45) is 16.8 Å². The first kappa shape index (κ1) is 17.5. The Labute approximate surface area is 135 Å². The number of hydrogen-bond donors (Lipinski definition) is 2. The molecule has 1 saturated heterocycles. The van der Waals surface area contributed by atoms with E-state index in [9.17, 15) is 0 Å². The molecule has 0 aromatic rings. The van der Waals surface area contributed by atoms with Crippen LogP contribution in [0.5, 0.6) is 0 Å². The summed E-state index contributed by atoms with van der Waals surface area (Å²) in [6.45, 7) is 6.27. The molecule has 5 nitrogen and oxygen atoms in total. The monoisotopic (exact) mass is 310 g/mol. The molecule has 1 aliphatic carbocycles. The van der Waals surface area contributed by atoms with Gasteiger partial charge in [-0.3, -0.25) is 4.99 Å². The summed E-state index contributed by atoms with van der Waals surface area (Å²) in [6, 6.07) is 0. The van der Waals surface area contributed by atoms with E-state index in [-0.39, 0.29) is 0 Å². The van der Waals surface area contributed by atoms with Crippen molar-refractivity contribution in [1.82, 2.24) is 15.5 Å². The van der Waals surface area contributed by atoms with Gasteiger partial charge in [-0.1, -0.05) is 0 Å². The highest BCUT2D eigenvalue weighted by Crippen LogP contribution is 2.28. The fourth-order valence-electron chi connectivity index (χ4n) is 2.88. The van der Waals surface area contributed by atoms with Crippen LogP contribution >= 0.6 is 0 Å². The average Bonchev–Trinajstić information content (AvgIpc) is 3.35. The second kappa shape index (κ2) is 10.1. The molecule has 0 atom stereocenters. The lowest BCUT2D eigenvalue weighted by Crippen LogP contribution is -2.39. The van der Waals surface area contributed by atoms with Gasteiger partial charge < -0.3 is 20.3 Å². The number of guanidine groups is 1. The maximum atomic E-state index is 5.64. The smallest absolute Gasteiger partial charge is 0.190 e. The zero-order valence-electron chi connectivity index (χ0n) is 14.4. The van der Waals surface area contributed by atoms with Crippen LogP contribution in [0.15, 0.2) is 4.99 Å². The molecule has 2 N–H and O–H groups in total. The maximum Gasteiger partial charge on any atom is 0.190 e. The molecule has 0 spiro atoms. The number of hydrogen-bond acceptors (Lipinski definition) is 3. The standard InChI is InChI=1S/C17H34N4O/c1-18-17(19-9-3-13-22-14-16-4-5-16)20-10-6-15-7-11-21(2)12-8-15/h15-16H,3-14H2,1-2H3,(H2,18,19,20). The Hall–Kier alpha value is -0.810. The Bertz CT molecular complexity index is 323. The van der Waals surface area contributed by atoms with Crippen LogP contribution in [0.25, 0.3) is 0 Å². The van der Waals surface area contributed by atoms with Gasteiger partial charge >= 0.3 is 0 Å². The number of piperidine rings is 1. The van der Waals surface area contributed by atoms with Crippen LogP contribution in [0, 0.1) is 11.8 Å². The minimum Gasteiger partial charge on any atom is -0.381 e. The van der Waals surface area contributed by atoms with E-state index in [1.807, 2.05) is 7.05 Å². The zero-order valence-corrected chi connectivity index (χ0v) is 14.4. The van der Waals surface area contributed by atoms with Crippen LogP contribution in [-0.4, -0.2) is 64.3 Å². The number of ether oxygens (including phenoxy) is 1. The van der Waals surface area contributed by atoms with E-state index in [2.05, 4.69) is 27.6 Å². The quantitative estimate of drug-likeness (QED) is 0.387. The molecule has 0 amide bonds. The molecule has 1 heterocycles. The first-order chi connectivity index (χ1) is 10.8. The SMILES string of the molecule is CN=C(NCCCOCC1CC1)NCCC1CCN(C)CC1. The van der Waals surface area contributed by atoms with Gasteiger partial charge in [-0.15, -0.1) is 0 Å². The van der Waals surface area contributed by atoms with E-state index in [4.69, 9.17) is 4.74 Å². The summed E-state index contributed by atoms with van der Waals surface area (Å²) in [7, 11) is 4.06. The number of nitrogens with one attached hydrogen (secondary N) is 2. The summed E-state index contributed by atoms with van der Waals surface area (Å²) in [5.41, 5.74) is 0. The van der Waals surface area contributed by atoms with Crippen molar-refractivity contribution < 1.29 is 4.74 Å². The lowest BCUT2D eigenvalue weighted by molar-refractivity contribution is 0.123. The molecule has 2 rings (SSSR count). The van der Waals surface area contributed by atoms with E-state index in [1.165, 1.54) is 45.2 Å². The first-order valence-corrected chi connectivity index (χ1v) is 8.98. The molecule has 2 aliphatic rings. The van der Waals surface area contributed by atoms with Gasteiger partial charge in [0.25, 0.3) is 0 Å². The van der Waals surface area contributed by atoms with Gasteiger partial charge in [0.2, 0.25) is 0 Å². The second-order valence-corrected chi connectivity index (χ2v) is 6.83. The zero-order chi connectivity index (χ0) is 15.6. The van der Waals surface area contributed by atoms with E-state index < -0.39 is 0 Å². The third kappa shape index (κ3) is 7.45. The van der Waals surface area contributed by atoms with Crippen LogP contribution < -0.4 is 10.6 Å². The number of rotatable bonds is 9. The predicted octanol–water partition coefficient (Wildman–Crippen LogP) is 1.70. The van der Waals surface area contributed by atoms with E-state index in [0.717, 1.165) is 50.5 Å². The van der Waals surface area contributed by atoms with Gasteiger partial charge in [0.1, 0.15) is 0 Å². The van der Waals surface area contributed by atoms with Crippen LogP contribution in [0.1, 0.15) is 38.5 Å². The second-order valence-electron chi connectivity index (χ2n) is 6.83. The van der Waals surface area contributed by atoms with Crippen molar-refractivity contribution in [1.29, 1.82) is 0 Å². The molecule has 0 bridgehead atoms. The van der Waals surface area contributed by atoms with Crippen LogP contribution in [0.4, 0.5) is 0 Å². The van der Waals surface area contributed by atoms with Crippen LogP contribution in [-0.2, 0) is 4.74 Å². The van der Waals surface area contributed by atoms with Crippen molar-refractivity contribution >= 4 is 5.96 Å². The molecule has 0 aromatic heterocycles. The first-order valence-electron chi connectivity index (χ1n) is 8.98. The normalized spacial score (nSPS) is 21.1. The van der Waals surface area contributed by atoms with Crippen molar-refractivity contribution in [3.05, 3.63) is 0 Å². The molecule has 2 fully saturated rings. The lowest BCUT2D eigenvalue weighted by atomic mass is 9.94. The Balaban J connectivity index is 1.44. The van der Waals surface area contributed by atoms with E-state index in [1.54, 1.807) is 0 Å². The van der Waals surface area contributed by atoms with Crippen molar-refractivity contribution in [3.63, 3.8) is 0 Å². The lowest BCUT2D eigenvalue weighted by Gasteiger charge is -2.29.